The minimum Gasteiger partial charge on any atom is -0.212 e. The molecule has 4 heteroatoms. The molecule has 0 spiro atoms. The molecule has 0 unspecified atom stereocenters. The normalized spacial score (nSPS) is 21.3. The van der Waals surface area contributed by atoms with Gasteiger partial charge in [0.2, 0.25) is 9.05 Å². The predicted molar refractivity (Wildman–Crippen MR) is 50.8 cm³/mol. The fraction of sp³-hybridized carbons (Fsp3) is 1.00. The Bertz CT molecular complexity index is 250. The highest BCUT2D eigenvalue weighted by molar-refractivity contribution is 8.15. The molecule has 0 aliphatic heterocycles. The summed E-state index contributed by atoms with van der Waals surface area (Å²) >= 11 is 0. The predicted octanol–water partition coefficient (Wildman–Crippen LogP) is 2.52. The van der Waals surface area contributed by atoms with Gasteiger partial charge in [0.25, 0.3) is 0 Å². The summed E-state index contributed by atoms with van der Waals surface area (Å²) in [6, 6.07) is 0. The van der Waals surface area contributed by atoms with Gasteiger partial charge in [-0.25, -0.2) is 8.42 Å². The Morgan fingerprint density at radius 3 is 1.83 bits per heavy atom. The lowest BCUT2D eigenvalue weighted by Gasteiger charge is -2.21. The van der Waals surface area contributed by atoms with Crippen LogP contribution in [0.5, 0.6) is 0 Å². The quantitative estimate of drug-likeness (QED) is 0.669. The molecular weight excluding hydrogens is 196 g/mol. The van der Waals surface area contributed by atoms with Crippen LogP contribution in [0.2, 0.25) is 0 Å². The molecule has 2 nitrogen and oxygen atoms in total. The summed E-state index contributed by atoms with van der Waals surface area (Å²) in [7, 11) is 2.07. The first-order valence-electron chi connectivity index (χ1n) is 4.42. The highest BCUT2D eigenvalue weighted by Crippen LogP contribution is 2.53. The van der Waals surface area contributed by atoms with E-state index in [1.807, 2.05) is 13.8 Å². The van der Waals surface area contributed by atoms with E-state index in [2.05, 4.69) is 0 Å². The summed E-state index contributed by atoms with van der Waals surface area (Å²) in [6.45, 7) is 4.05. The Kier molecular flexibility index (Phi) is 2.74. The fourth-order valence-corrected chi connectivity index (χ4v) is 4.17. The molecule has 0 bridgehead atoms. The van der Waals surface area contributed by atoms with Gasteiger partial charge in [-0.2, -0.15) is 0 Å². The first-order chi connectivity index (χ1) is 5.48. The van der Waals surface area contributed by atoms with Crippen molar-refractivity contribution in [2.75, 3.05) is 0 Å². The van der Waals surface area contributed by atoms with Crippen LogP contribution in [0.3, 0.4) is 0 Å². The summed E-state index contributed by atoms with van der Waals surface area (Å²) in [5.74, 6) is 0.250. The fourth-order valence-electron chi connectivity index (χ4n) is 2.01. The topological polar surface area (TPSA) is 34.1 Å². The van der Waals surface area contributed by atoms with E-state index < -0.39 is 13.8 Å². The molecule has 1 aliphatic carbocycles. The van der Waals surface area contributed by atoms with Crippen molar-refractivity contribution in [1.82, 2.24) is 0 Å². The highest BCUT2D eigenvalue weighted by atomic mass is 35.7. The van der Waals surface area contributed by atoms with Gasteiger partial charge in [0.15, 0.2) is 0 Å². The summed E-state index contributed by atoms with van der Waals surface area (Å²) < 4.78 is 21.9. The monoisotopic (exact) mass is 210 g/mol. The van der Waals surface area contributed by atoms with Gasteiger partial charge in [-0.3, -0.25) is 0 Å². The zero-order chi connectivity index (χ0) is 9.41. The summed E-state index contributed by atoms with van der Waals surface area (Å²) in [4.78, 5) is 0. The van der Waals surface area contributed by atoms with Crippen LogP contribution in [0.25, 0.3) is 0 Å². The second-order valence-corrected chi connectivity index (χ2v) is 6.42. The molecule has 0 radical (unpaired) electrons. The lowest BCUT2D eigenvalue weighted by Crippen LogP contribution is -2.27. The van der Waals surface area contributed by atoms with E-state index in [0.29, 0.717) is 0 Å². The zero-order valence-electron chi connectivity index (χ0n) is 7.51. The first-order valence-corrected chi connectivity index (χ1v) is 6.73. The summed E-state index contributed by atoms with van der Waals surface area (Å²) in [6.07, 6.45) is 3.32. The van der Waals surface area contributed by atoms with E-state index in [4.69, 9.17) is 10.7 Å². The van der Waals surface area contributed by atoms with Gasteiger partial charge in [-0.05, 0) is 18.8 Å². The third-order valence-electron chi connectivity index (χ3n) is 2.96. The molecule has 0 N–H and O–H groups in total. The highest BCUT2D eigenvalue weighted by Gasteiger charge is 2.57. The van der Waals surface area contributed by atoms with Crippen LogP contribution >= 0.6 is 10.7 Å². The molecule has 0 aromatic heterocycles. The molecule has 0 amide bonds. The molecule has 0 saturated heterocycles. The standard InChI is InChI=1S/C8H15ClO2S/c1-3-7(4-2)8(5-6-8)12(9,10)11/h7H,3-6H2,1-2H3. The molecule has 0 heterocycles. The smallest absolute Gasteiger partial charge is 0.212 e. The molecule has 12 heavy (non-hydrogen) atoms. The van der Waals surface area contributed by atoms with Crippen molar-refractivity contribution in [3.63, 3.8) is 0 Å². The summed E-state index contributed by atoms with van der Waals surface area (Å²) in [5.41, 5.74) is 0. The van der Waals surface area contributed by atoms with Gasteiger partial charge in [0.05, 0.1) is 4.75 Å². The Balaban J connectivity index is 2.86. The largest absolute Gasteiger partial charge is 0.238 e. The number of hydrogen-bond donors (Lipinski definition) is 0. The van der Waals surface area contributed by atoms with Crippen LogP contribution in [-0.4, -0.2) is 13.2 Å². The van der Waals surface area contributed by atoms with E-state index in [1.54, 1.807) is 0 Å². The van der Waals surface area contributed by atoms with Crippen LogP contribution < -0.4 is 0 Å². The minimum atomic E-state index is -3.34. The van der Waals surface area contributed by atoms with E-state index in [-0.39, 0.29) is 5.92 Å². The molecule has 0 aromatic rings. The Hall–Kier alpha value is 0.240. The number of hydrogen-bond acceptors (Lipinski definition) is 2. The Morgan fingerprint density at radius 1 is 1.33 bits per heavy atom. The zero-order valence-corrected chi connectivity index (χ0v) is 9.08. The van der Waals surface area contributed by atoms with Crippen molar-refractivity contribution in [3.05, 3.63) is 0 Å². The maximum atomic E-state index is 11.2. The molecule has 0 atom stereocenters. The molecule has 1 saturated carbocycles. The van der Waals surface area contributed by atoms with Crippen LogP contribution in [-0.2, 0) is 9.05 Å². The second kappa shape index (κ2) is 3.18. The molecule has 1 aliphatic rings. The molecular formula is C8H15ClO2S. The Morgan fingerprint density at radius 2 is 1.75 bits per heavy atom. The van der Waals surface area contributed by atoms with Crippen LogP contribution in [0.1, 0.15) is 39.5 Å². The average Bonchev–Trinajstić information content (AvgIpc) is 2.69. The van der Waals surface area contributed by atoms with Crippen LogP contribution in [0, 0.1) is 5.92 Å². The average molecular weight is 211 g/mol. The van der Waals surface area contributed by atoms with Gasteiger partial charge in [0.1, 0.15) is 0 Å². The van der Waals surface area contributed by atoms with Crippen molar-refractivity contribution in [2.24, 2.45) is 5.92 Å². The first kappa shape index (κ1) is 10.3. The summed E-state index contributed by atoms with van der Waals surface area (Å²) in [5, 5.41) is 0. The lowest BCUT2D eigenvalue weighted by atomic mass is 9.97. The van der Waals surface area contributed by atoms with E-state index >= 15 is 0 Å². The van der Waals surface area contributed by atoms with Crippen LogP contribution in [0.15, 0.2) is 0 Å². The third-order valence-corrected chi connectivity index (χ3v) is 5.59. The Labute approximate surface area is 78.7 Å². The van der Waals surface area contributed by atoms with E-state index in [0.717, 1.165) is 25.7 Å². The minimum absolute atomic E-state index is 0.250. The number of halogens is 1. The van der Waals surface area contributed by atoms with Crippen LogP contribution in [0.4, 0.5) is 0 Å². The van der Waals surface area contributed by atoms with Gasteiger partial charge in [-0.1, -0.05) is 26.7 Å². The maximum Gasteiger partial charge on any atom is 0.238 e. The van der Waals surface area contributed by atoms with Gasteiger partial charge in [-0.15, -0.1) is 0 Å². The second-order valence-electron chi connectivity index (χ2n) is 3.52. The van der Waals surface area contributed by atoms with Crippen molar-refractivity contribution in [1.29, 1.82) is 0 Å². The molecule has 72 valence electrons. The third kappa shape index (κ3) is 1.49. The van der Waals surface area contributed by atoms with E-state index in [9.17, 15) is 8.42 Å². The molecule has 1 rings (SSSR count). The molecule has 0 aromatic carbocycles. The van der Waals surface area contributed by atoms with Crippen molar-refractivity contribution in [3.8, 4) is 0 Å². The van der Waals surface area contributed by atoms with Crippen molar-refractivity contribution < 1.29 is 8.42 Å². The SMILES string of the molecule is CCC(CC)C1(S(=O)(=O)Cl)CC1. The lowest BCUT2D eigenvalue weighted by molar-refractivity contribution is 0.440. The van der Waals surface area contributed by atoms with Crippen molar-refractivity contribution >= 4 is 19.7 Å². The van der Waals surface area contributed by atoms with E-state index in [1.165, 1.54) is 0 Å². The van der Waals surface area contributed by atoms with Gasteiger partial charge in [0, 0.05) is 10.7 Å². The van der Waals surface area contributed by atoms with Gasteiger partial charge >= 0.3 is 0 Å². The van der Waals surface area contributed by atoms with Gasteiger partial charge < -0.3 is 0 Å². The number of rotatable bonds is 4. The van der Waals surface area contributed by atoms with Crippen molar-refractivity contribution in [2.45, 2.75) is 44.3 Å². The maximum absolute atomic E-state index is 11.2. The molecule has 1 fully saturated rings.